The summed E-state index contributed by atoms with van der Waals surface area (Å²) in [6.45, 7) is 2.40. The largest absolute Gasteiger partial charge is 0.399 e. The van der Waals surface area contributed by atoms with Crippen molar-refractivity contribution in [3.63, 3.8) is 0 Å². The number of halogens is 1. The van der Waals surface area contributed by atoms with Crippen LogP contribution in [0.15, 0.2) is 42.5 Å². The molecule has 0 aromatic heterocycles. The third kappa shape index (κ3) is 3.48. The molecule has 1 spiro atoms. The van der Waals surface area contributed by atoms with Gasteiger partial charge in [0.1, 0.15) is 0 Å². The van der Waals surface area contributed by atoms with Crippen LogP contribution in [0.4, 0.5) is 17.1 Å². The fourth-order valence-electron chi connectivity index (χ4n) is 5.22. The lowest BCUT2D eigenvalue weighted by Gasteiger charge is -2.34. The number of carbonyl (C=O) groups is 2. The lowest BCUT2D eigenvalue weighted by molar-refractivity contribution is -0.124. The van der Waals surface area contributed by atoms with Crippen molar-refractivity contribution in [2.75, 3.05) is 41.8 Å². The monoisotopic (exact) mass is 439 g/mol. The van der Waals surface area contributed by atoms with Crippen LogP contribution in [0.3, 0.4) is 0 Å². The van der Waals surface area contributed by atoms with Crippen LogP contribution in [0, 0.1) is 5.92 Å². The van der Waals surface area contributed by atoms with Crippen molar-refractivity contribution in [3.05, 3.63) is 53.6 Å². The molecule has 3 aliphatic heterocycles. The number of fused-ring (bicyclic) bond motifs is 2. The zero-order valence-corrected chi connectivity index (χ0v) is 18.1. The van der Waals surface area contributed by atoms with Crippen LogP contribution in [0.25, 0.3) is 0 Å². The Morgan fingerprint density at radius 3 is 2.74 bits per heavy atom. The minimum absolute atomic E-state index is 0.0167. The maximum absolute atomic E-state index is 13.6. The van der Waals surface area contributed by atoms with Gasteiger partial charge in [0.25, 0.3) is 0 Å². The van der Waals surface area contributed by atoms with Gasteiger partial charge in [-0.15, -0.1) is 11.6 Å². The number of amides is 2. The summed E-state index contributed by atoms with van der Waals surface area (Å²) in [7, 11) is 0. The van der Waals surface area contributed by atoms with E-state index in [0.29, 0.717) is 37.9 Å². The number of hydrogen-bond donors (Lipinski definition) is 1. The van der Waals surface area contributed by atoms with Gasteiger partial charge in [-0.05, 0) is 48.2 Å². The average Bonchev–Trinajstić information content (AvgIpc) is 3.32. The molecule has 2 amide bonds. The lowest BCUT2D eigenvalue weighted by atomic mass is 9.75. The first-order valence-corrected chi connectivity index (χ1v) is 11.3. The van der Waals surface area contributed by atoms with Gasteiger partial charge in [-0.2, -0.15) is 0 Å². The predicted octanol–water partition coefficient (Wildman–Crippen LogP) is 3.46. The fraction of sp³-hybridized carbons (Fsp3) is 0.417. The Morgan fingerprint density at radius 2 is 2.00 bits per heavy atom. The number of hydrogen-bond acceptors (Lipinski definition) is 4. The highest BCUT2D eigenvalue weighted by Crippen LogP contribution is 2.48. The zero-order chi connectivity index (χ0) is 21.6. The topological polar surface area (TPSA) is 75.9 Å². The molecule has 2 aromatic carbocycles. The van der Waals surface area contributed by atoms with E-state index in [2.05, 4.69) is 6.07 Å². The van der Waals surface area contributed by atoms with Crippen molar-refractivity contribution in [2.24, 2.45) is 5.92 Å². The minimum Gasteiger partial charge on any atom is -0.399 e. The summed E-state index contributed by atoms with van der Waals surface area (Å²) in [5, 5.41) is 0. The smallest absolute Gasteiger partial charge is 0.232 e. The number of alkyl halides is 1. The minimum atomic E-state index is -0.371. The molecule has 3 heterocycles. The van der Waals surface area contributed by atoms with Crippen LogP contribution in [0.5, 0.6) is 0 Å². The molecule has 162 valence electrons. The second-order valence-corrected chi connectivity index (χ2v) is 9.07. The maximum atomic E-state index is 13.6. The van der Waals surface area contributed by atoms with Crippen molar-refractivity contribution in [2.45, 2.75) is 30.6 Å². The molecule has 0 radical (unpaired) electrons. The molecule has 5 rings (SSSR count). The van der Waals surface area contributed by atoms with E-state index in [1.54, 1.807) is 17.0 Å². The fourth-order valence-corrected chi connectivity index (χ4v) is 5.39. The van der Waals surface area contributed by atoms with E-state index in [-0.39, 0.29) is 29.6 Å². The summed E-state index contributed by atoms with van der Waals surface area (Å²) in [6.07, 6.45) is 1.98. The number of nitrogens with two attached hydrogens (primary N) is 1. The highest BCUT2D eigenvalue weighted by Gasteiger charge is 2.48. The Hall–Kier alpha value is -2.57. The molecule has 6 nitrogen and oxygen atoms in total. The normalized spacial score (nSPS) is 22.2. The molecule has 1 unspecified atom stereocenters. The average molecular weight is 440 g/mol. The molecule has 2 fully saturated rings. The van der Waals surface area contributed by atoms with Crippen LogP contribution in [-0.4, -0.2) is 38.1 Å². The van der Waals surface area contributed by atoms with Crippen molar-refractivity contribution < 1.29 is 14.3 Å². The molecule has 2 aromatic rings. The first-order chi connectivity index (χ1) is 15.0. The van der Waals surface area contributed by atoms with E-state index in [1.807, 2.05) is 29.2 Å². The maximum Gasteiger partial charge on any atom is 0.232 e. The Morgan fingerprint density at radius 1 is 1.19 bits per heavy atom. The molecular weight excluding hydrogens is 414 g/mol. The molecular formula is C24H26ClN3O3. The number of nitrogen functional groups attached to an aromatic ring is 1. The van der Waals surface area contributed by atoms with Crippen molar-refractivity contribution in [3.8, 4) is 0 Å². The van der Waals surface area contributed by atoms with E-state index in [0.717, 1.165) is 29.8 Å². The molecule has 1 atom stereocenters. The Kier molecular flexibility index (Phi) is 5.15. The third-order valence-electron chi connectivity index (χ3n) is 6.91. The molecule has 0 aliphatic carbocycles. The van der Waals surface area contributed by atoms with Gasteiger partial charge in [-0.3, -0.25) is 9.59 Å². The van der Waals surface area contributed by atoms with Gasteiger partial charge >= 0.3 is 0 Å². The molecule has 7 heteroatoms. The van der Waals surface area contributed by atoms with Gasteiger partial charge in [-0.25, -0.2) is 0 Å². The zero-order valence-electron chi connectivity index (χ0n) is 17.4. The molecule has 0 saturated carbocycles. The number of ether oxygens (including phenoxy) is 1. The number of benzene rings is 2. The highest BCUT2D eigenvalue weighted by molar-refractivity contribution is 6.17. The quantitative estimate of drug-likeness (QED) is 0.587. The van der Waals surface area contributed by atoms with Gasteiger partial charge in [0.15, 0.2) is 0 Å². The van der Waals surface area contributed by atoms with E-state index >= 15 is 0 Å². The summed E-state index contributed by atoms with van der Waals surface area (Å²) in [5.74, 6) is 0.0502. The van der Waals surface area contributed by atoms with E-state index in [1.165, 1.54) is 5.56 Å². The molecule has 2 N–H and O–H groups in total. The third-order valence-corrected chi connectivity index (χ3v) is 7.22. The van der Waals surface area contributed by atoms with Gasteiger partial charge in [0, 0.05) is 61.1 Å². The van der Waals surface area contributed by atoms with Gasteiger partial charge < -0.3 is 20.3 Å². The predicted molar refractivity (Wildman–Crippen MR) is 121 cm³/mol. The van der Waals surface area contributed by atoms with Crippen molar-refractivity contribution in [1.29, 1.82) is 0 Å². The molecule has 0 bridgehead atoms. The highest BCUT2D eigenvalue weighted by atomic mass is 35.5. The van der Waals surface area contributed by atoms with Gasteiger partial charge in [-0.1, -0.05) is 18.2 Å². The van der Waals surface area contributed by atoms with Gasteiger partial charge in [0.2, 0.25) is 11.8 Å². The Bertz CT molecular complexity index is 1030. The first kappa shape index (κ1) is 20.3. The second kappa shape index (κ2) is 7.84. The van der Waals surface area contributed by atoms with E-state index in [9.17, 15) is 9.59 Å². The Labute approximate surface area is 186 Å². The molecule has 2 saturated heterocycles. The summed E-state index contributed by atoms with van der Waals surface area (Å²) in [5.41, 5.74) is 10.3. The summed E-state index contributed by atoms with van der Waals surface area (Å²) >= 11 is 6.10. The molecule has 31 heavy (non-hydrogen) atoms. The molecule has 3 aliphatic rings. The summed E-state index contributed by atoms with van der Waals surface area (Å²) in [4.78, 5) is 29.9. The number of anilines is 3. The van der Waals surface area contributed by atoms with Crippen molar-refractivity contribution in [1.82, 2.24) is 0 Å². The van der Waals surface area contributed by atoms with Crippen LogP contribution < -0.4 is 15.5 Å². The van der Waals surface area contributed by atoms with E-state index < -0.39 is 0 Å². The number of carbonyl (C=O) groups excluding carboxylic acids is 2. The van der Waals surface area contributed by atoms with Gasteiger partial charge in [0.05, 0.1) is 5.92 Å². The van der Waals surface area contributed by atoms with Crippen LogP contribution in [0.2, 0.25) is 0 Å². The standard InChI is InChI=1S/C24H26ClN3O3/c25-13-16-4-5-21-20(10-16)24(6-8-31-9-7-24)15-28(21)23(30)17-11-22(29)27(14-17)19-3-1-2-18(26)12-19/h1-5,10,12,17H,6-9,11,13-15,26H2. The van der Waals surface area contributed by atoms with Crippen LogP contribution in [0.1, 0.15) is 30.4 Å². The number of rotatable bonds is 3. The van der Waals surface area contributed by atoms with Crippen LogP contribution >= 0.6 is 11.6 Å². The summed E-state index contributed by atoms with van der Waals surface area (Å²) in [6, 6.07) is 13.4. The van der Waals surface area contributed by atoms with Crippen molar-refractivity contribution >= 4 is 40.5 Å². The number of nitrogens with zero attached hydrogens (tertiary/aromatic N) is 2. The SMILES string of the molecule is Nc1cccc(N2CC(C(=O)N3CC4(CCOCC4)c4cc(CCl)ccc43)CC2=O)c1. The summed E-state index contributed by atoms with van der Waals surface area (Å²) < 4.78 is 5.62. The lowest BCUT2D eigenvalue weighted by Crippen LogP contribution is -2.43. The second-order valence-electron chi connectivity index (χ2n) is 8.80. The Balaban J connectivity index is 1.43. The van der Waals surface area contributed by atoms with E-state index in [4.69, 9.17) is 22.1 Å². The first-order valence-electron chi connectivity index (χ1n) is 10.8. The van der Waals surface area contributed by atoms with Crippen LogP contribution in [-0.2, 0) is 25.6 Å².